The summed E-state index contributed by atoms with van der Waals surface area (Å²) in [5, 5.41) is 18.7. The highest BCUT2D eigenvalue weighted by atomic mass is 79.9. The number of carbonyl (C=O) groups is 1. The molecule has 0 fully saturated rings. The van der Waals surface area contributed by atoms with Gasteiger partial charge in [0.05, 0.1) is 5.92 Å². The minimum Gasteiger partial charge on any atom is -0.508 e. The van der Waals surface area contributed by atoms with Gasteiger partial charge in [-0.1, -0.05) is 36.7 Å². The maximum absolute atomic E-state index is 10.8. The summed E-state index contributed by atoms with van der Waals surface area (Å²) in [5.41, 5.74) is 1.69. The van der Waals surface area contributed by atoms with E-state index in [1.807, 2.05) is 19.9 Å². The molecule has 0 heterocycles. The van der Waals surface area contributed by atoms with Crippen LogP contribution in [0.4, 0.5) is 0 Å². The fraction of sp³-hybridized carbons (Fsp3) is 0.462. The molecule has 0 saturated heterocycles. The summed E-state index contributed by atoms with van der Waals surface area (Å²) in [6, 6.07) is 3.52. The number of phenolic OH excluding ortho intramolecular Hbond substituents is 1. The van der Waals surface area contributed by atoms with Gasteiger partial charge in [-0.3, -0.25) is 4.79 Å². The highest BCUT2D eigenvalue weighted by Gasteiger charge is 2.16. The molecule has 3 nitrogen and oxygen atoms in total. The van der Waals surface area contributed by atoms with E-state index in [-0.39, 0.29) is 5.75 Å². The molecule has 0 spiro atoms. The Balaban J connectivity index is 3.03. The van der Waals surface area contributed by atoms with Gasteiger partial charge in [-0.2, -0.15) is 0 Å². The maximum Gasteiger partial charge on any atom is 0.306 e. The van der Waals surface area contributed by atoms with Gasteiger partial charge in [-0.15, -0.1) is 0 Å². The Labute approximate surface area is 110 Å². The molecule has 4 heteroatoms. The summed E-state index contributed by atoms with van der Waals surface area (Å²) < 4.78 is 0.915. The van der Waals surface area contributed by atoms with Crippen molar-refractivity contribution in [2.24, 2.45) is 5.92 Å². The zero-order valence-corrected chi connectivity index (χ0v) is 11.8. The molecule has 1 atom stereocenters. The summed E-state index contributed by atoms with van der Waals surface area (Å²) in [7, 11) is 0. The minimum atomic E-state index is -0.853. The fourth-order valence-corrected chi connectivity index (χ4v) is 2.49. The molecule has 1 aromatic rings. The Bertz CT molecular complexity index is 427. The van der Waals surface area contributed by atoms with Gasteiger partial charge in [0.1, 0.15) is 5.75 Å². The van der Waals surface area contributed by atoms with Crippen molar-refractivity contribution in [3.8, 4) is 5.75 Å². The van der Waals surface area contributed by atoms with Crippen molar-refractivity contribution in [3.63, 3.8) is 0 Å². The molecule has 0 bridgehead atoms. The number of carboxylic acids is 1. The lowest BCUT2D eigenvalue weighted by Crippen LogP contribution is -2.12. The number of benzene rings is 1. The Morgan fingerprint density at radius 3 is 2.41 bits per heavy atom. The molecule has 0 aliphatic rings. The van der Waals surface area contributed by atoms with Crippen LogP contribution in [0.15, 0.2) is 16.6 Å². The summed E-state index contributed by atoms with van der Waals surface area (Å²) in [4.78, 5) is 10.8. The SMILES string of the molecule is CC(Cc1cc(Br)c(C(C)C)cc1O)C(=O)O. The number of hydrogen-bond acceptors (Lipinski definition) is 2. The first-order valence-corrected chi connectivity index (χ1v) is 6.36. The largest absolute Gasteiger partial charge is 0.508 e. The van der Waals surface area contributed by atoms with E-state index in [1.54, 1.807) is 13.0 Å². The van der Waals surface area contributed by atoms with E-state index in [9.17, 15) is 9.90 Å². The van der Waals surface area contributed by atoms with Gasteiger partial charge in [0.15, 0.2) is 0 Å². The van der Waals surface area contributed by atoms with Gasteiger partial charge in [0.25, 0.3) is 0 Å². The lowest BCUT2D eigenvalue weighted by molar-refractivity contribution is -0.141. The molecule has 1 unspecified atom stereocenters. The Morgan fingerprint density at radius 2 is 1.94 bits per heavy atom. The van der Waals surface area contributed by atoms with E-state index < -0.39 is 11.9 Å². The molecule has 0 aliphatic heterocycles. The van der Waals surface area contributed by atoms with Gasteiger partial charge in [0.2, 0.25) is 0 Å². The predicted octanol–water partition coefficient (Wildman–Crippen LogP) is 3.54. The predicted molar refractivity (Wildman–Crippen MR) is 70.4 cm³/mol. The number of hydrogen-bond donors (Lipinski definition) is 2. The number of rotatable bonds is 4. The van der Waals surface area contributed by atoms with Crippen LogP contribution in [0.5, 0.6) is 5.75 Å². The number of halogens is 1. The smallest absolute Gasteiger partial charge is 0.306 e. The molecule has 0 radical (unpaired) electrons. The lowest BCUT2D eigenvalue weighted by atomic mass is 9.96. The molecule has 17 heavy (non-hydrogen) atoms. The molecular weight excluding hydrogens is 284 g/mol. The first kappa shape index (κ1) is 14.0. The van der Waals surface area contributed by atoms with E-state index in [1.165, 1.54) is 0 Å². The molecule has 0 amide bonds. The van der Waals surface area contributed by atoms with E-state index >= 15 is 0 Å². The molecule has 0 aliphatic carbocycles. The molecule has 94 valence electrons. The third-order valence-electron chi connectivity index (χ3n) is 2.77. The maximum atomic E-state index is 10.8. The third kappa shape index (κ3) is 3.46. The van der Waals surface area contributed by atoms with E-state index in [0.717, 1.165) is 10.0 Å². The van der Waals surface area contributed by atoms with Crippen LogP contribution >= 0.6 is 15.9 Å². The molecule has 1 aromatic carbocycles. The molecule has 0 saturated carbocycles. The number of carboxylic acid groups (broad SMARTS) is 1. The van der Waals surface area contributed by atoms with E-state index in [4.69, 9.17) is 5.11 Å². The second kappa shape index (κ2) is 5.54. The summed E-state index contributed by atoms with van der Waals surface area (Å²) in [6.07, 6.45) is 0.331. The van der Waals surface area contributed by atoms with Crippen LogP contribution in [-0.2, 0) is 11.2 Å². The number of phenols is 1. The Morgan fingerprint density at radius 1 is 1.35 bits per heavy atom. The van der Waals surface area contributed by atoms with Crippen molar-refractivity contribution in [1.82, 2.24) is 0 Å². The quantitative estimate of drug-likeness (QED) is 0.894. The summed E-state index contributed by atoms with van der Waals surface area (Å²) in [5.74, 6) is -0.877. The zero-order chi connectivity index (χ0) is 13.2. The van der Waals surface area contributed by atoms with Crippen LogP contribution in [0.3, 0.4) is 0 Å². The van der Waals surface area contributed by atoms with Gasteiger partial charge in [-0.25, -0.2) is 0 Å². The average molecular weight is 301 g/mol. The zero-order valence-electron chi connectivity index (χ0n) is 10.2. The number of aliphatic carboxylic acids is 1. The standard InChI is InChI=1S/C13H17BrO3/c1-7(2)10-6-12(15)9(5-11(10)14)4-8(3)13(16)17/h5-8,15H,4H2,1-3H3,(H,16,17). The van der Waals surface area contributed by atoms with Crippen LogP contribution in [-0.4, -0.2) is 16.2 Å². The molecular formula is C13H17BrO3. The van der Waals surface area contributed by atoms with Crippen molar-refractivity contribution in [1.29, 1.82) is 0 Å². The van der Waals surface area contributed by atoms with Crippen molar-refractivity contribution in [3.05, 3.63) is 27.7 Å². The van der Waals surface area contributed by atoms with Crippen molar-refractivity contribution in [2.45, 2.75) is 33.1 Å². The third-order valence-corrected chi connectivity index (χ3v) is 3.45. The summed E-state index contributed by atoms with van der Waals surface area (Å²) >= 11 is 3.45. The minimum absolute atomic E-state index is 0.171. The molecule has 1 rings (SSSR count). The lowest BCUT2D eigenvalue weighted by Gasteiger charge is -2.14. The number of aromatic hydroxyl groups is 1. The highest BCUT2D eigenvalue weighted by Crippen LogP contribution is 2.32. The second-order valence-corrected chi connectivity index (χ2v) is 5.45. The van der Waals surface area contributed by atoms with Crippen molar-refractivity contribution in [2.75, 3.05) is 0 Å². The first-order chi connectivity index (χ1) is 7.82. The normalized spacial score (nSPS) is 12.8. The van der Waals surface area contributed by atoms with Crippen LogP contribution in [0.25, 0.3) is 0 Å². The molecule has 2 N–H and O–H groups in total. The van der Waals surface area contributed by atoms with Crippen molar-refractivity contribution < 1.29 is 15.0 Å². The Hall–Kier alpha value is -1.03. The van der Waals surface area contributed by atoms with Gasteiger partial charge < -0.3 is 10.2 Å². The van der Waals surface area contributed by atoms with Crippen LogP contribution in [0.1, 0.15) is 37.8 Å². The van der Waals surface area contributed by atoms with Gasteiger partial charge in [-0.05, 0) is 35.6 Å². The van der Waals surface area contributed by atoms with Crippen LogP contribution in [0.2, 0.25) is 0 Å². The molecule has 0 aromatic heterocycles. The van der Waals surface area contributed by atoms with E-state index in [2.05, 4.69) is 15.9 Å². The van der Waals surface area contributed by atoms with Crippen LogP contribution < -0.4 is 0 Å². The average Bonchev–Trinajstić information content (AvgIpc) is 2.22. The van der Waals surface area contributed by atoms with Gasteiger partial charge in [0, 0.05) is 4.47 Å². The van der Waals surface area contributed by atoms with Crippen molar-refractivity contribution >= 4 is 21.9 Å². The summed E-state index contributed by atoms with van der Waals surface area (Å²) in [6.45, 7) is 5.71. The van der Waals surface area contributed by atoms with Crippen LogP contribution in [0, 0.1) is 5.92 Å². The monoisotopic (exact) mass is 300 g/mol. The first-order valence-electron chi connectivity index (χ1n) is 5.57. The fourth-order valence-electron chi connectivity index (χ4n) is 1.64. The van der Waals surface area contributed by atoms with E-state index in [0.29, 0.717) is 17.9 Å². The Kier molecular flexibility index (Phi) is 4.57. The van der Waals surface area contributed by atoms with Gasteiger partial charge >= 0.3 is 5.97 Å². The second-order valence-electron chi connectivity index (χ2n) is 4.60. The highest BCUT2D eigenvalue weighted by molar-refractivity contribution is 9.10. The topological polar surface area (TPSA) is 57.5 Å².